The van der Waals surface area contributed by atoms with Crippen molar-refractivity contribution in [2.24, 2.45) is 11.7 Å². The van der Waals surface area contributed by atoms with Crippen molar-refractivity contribution in [1.29, 1.82) is 0 Å². The molecule has 3 atom stereocenters. The van der Waals surface area contributed by atoms with Gasteiger partial charge >= 0.3 is 0 Å². The molecule has 0 aromatic heterocycles. The van der Waals surface area contributed by atoms with Gasteiger partial charge in [0.25, 0.3) is 5.91 Å². The van der Waals surface area contributed by atoms with Crippen LogP contribution in [0.5, 0.6) is 5.75 Å². The third-order valence-corrected chi connectivity index (χ3v) is 5.11. The lowest BCUT2D eigenvalue weighted by Crippen LogP contribution is -2.48. The Morgan fingerprint density at radius 1 is 1.24 bits per heavy atom. The van der Waals surface area contributed by atoms with Crippen molar-refractivity contribution in [3.63, 3.8) is 0 Å². The molecule has 2 N–H and O–H groups in total. The van der Waals surface area contributed by atoms with E-state index in [1.54, 1.807) is 17.0 Å². The molecule has 2 aliphatic rings. The zero-order valence-corrected chi connectivity index (χ0v) is 14.6. The number of likely N-dealkylation sites (tertiary alicyclic amines) is 1. The van der Waals surface area contributed by atoms with Crippen molar-refractivity contribution in [3.05, 3.63) is 29.8 Å². The summed E-state index contributed by atoms with van der Waals surface area (Å²) in [7, 11) is 0. The molecule has 2 saturated heterocycles. The number of ether oxygens (including phenoxy) is 2. The highest BCUT2D eigenvalue weighted by Gasteiger charge is 2.32. The number of hydrogen-bond acceptors (Lipinski definition) is 4. The first-order valence-electron chi connectivity index (χ1n) is 8.99. The summed E-state index contributed by atoms with van der Waals surface area (Å²) < 4.78 is 11.3. The number of carbonyl (C=O) groups is 2. The average Bonchev–Trinajstić information content (AvgIpc) is 3.13. The van der Waals surface area contributed by atoms with Gasteiger partial charge in [0.1, 0.15) is 12.4 Å². The Hall–Kier alpha value is -2.08. The highest BCUT2D eigenvalue weighted by Crippen LogP contribution is 2.24. The van der Waals surface area contributed by atoms with Gasteiger partial charge in [0, 0.05) is 24.8 Å². The number of carbonyl (C=O) groups excluding carboxylic acids is 2. The molecule has 0 bridgehead atoms. The highest BCUT2D eigenvalue weighted by atomic mass is 16.5. The second-order valence-electron chi connectivity index (χ2n) is 6.95. The number of primary amides is 1. The summed E-state index contributed by atoms with van der Waals surface area (Å²) >= 11 is 0. The second kappa shape index (κ2) is 7.87. The van der Waals surface area contributed by atoms with E-state index < -0.39 is 0 Å². The SMILES string of the molecule is C[C@@H]1CC[C@@H](C(N)=O)CN1C(=O)c1ccc(OC[C@H]2CCCO2)cc1. The Balaban J connectivity index is 1.60. The van der Waals surface area contributed by atoms with Gasteiger partial charge in [0.2, 0.25) is 5.91 Å². The van der Waals surface area contributed by atoms with Gasteiger partial charge in [-0.25, -0.2) is 0 Å². The summed E-state index contributed by atoms with van der Waals surface area (Å²) in [5.41, 5.74) is 6.01. The maximum atomic E-state index is 12.8. The molecule has 0 unspecified atom stereocenters. The molecule has 2 amide bonds. The minimum atomic E-state index is -0.331. The largest absolute Gasteiger partial charge is 0.491 e. The first kappa shape index (κ1) is 17.7. The summed E-state index contributed by atoms with van der Waals surface area (Å²) in [6.45, 7) is 3.75. The van der Waals surface area contributed by atoms with Gasteiger partial charge in [-0.1, -0.05) is 0 Å². The minimum Gasteiger partial charge on any atom is -0.491 e. The van der Waals surface area contributed by atoms with Crippen LogP contribution in [-0.4, -0.2) is 48.6 Å². The van der Waals surface area contributed by atoms with Crippen LogP contribution in [0.15, 0.2) is 24.3 Å². The van der Waals surface area contributed by atoms with Gasteiger partial charge in [-0.05, 0) is 56.9 Å². The van der Waals surface area contributed by atoms with Crippen LogP contribution >= 0.6 is 0 Å². The molecule has 0 spiro atoms. The minimum absolute atomic E-state index is 0.0656. The average molecular weight is 346 g/mol. The molecule has 2 heterocycles. The zero-order valence-electron chi connectivity index (χ0n) is 14.6. The molecule has 6 nitrogen and oxygen atoms in total. The Morgan fingerprint density at radius 2 is 2.00 bits per heavy atom. The summed E-state index contributed by atoms with van der Waals surface area (Å²) in [6, 6.07) is 7.27. The standard InChI is InChI=1S/C19H26N2O4/c1-13-4-5-15(18(20)22)11-21(13)19(23)14-6-8-16(9-7-14)25-12-17-3-2-10-24-17/h6-9,13,15,17H,2-5,10-12H2,1H3,(H2,20,22)/t13-,15-,17-/m1/s1. The van der Waals surface area contributed by atoms with Gasteiger partial charge in [0.15, 0.2) is 0 Å². The fourth-order valence-electron chi connectivity index (χ4n) is 3.45. The van der Waals surface area contributed by atoms with Crippen molar-refractivity contribution in [1.82, 2.24) is 4.90 Å². The van der Waals surface area contributed by atoms with E-state index >= 15 is 0 Å². The summed E-state index contributed by atoms with van der Waals surface area (Å²) in [5, 5.41) is 0. The number of nitrogens with zero attached hydrogens (tertiary/aromatic N) is 1. The monoisotopic (exact) mass is 346 g/mol. The van der Waals surface area contributed by atoms with Crippen LogP contribution in [-0.2, 0) is 9.53 Å². The van der Waals surface area contributed by atoms with E-state index in [4.69, 9.17) is 15.2 Å². The zero-order chi connectivity index (χ0) is 17.8. The second-order valence-corrected chi connectivity index (χ2v) is 6.95. The molecule has 0 aliphatic carbocycles. The van der Waals surface area contributed by atoms with E-state index in [0.717, 1.165) is 38.0 Å². The molecule has 2 aliphatic heterocycles. The van der Waals surface area contributed by atoms with Crippen LogP contribution in [0.4, 0.5) is 0 Å². The number of benzene rings is 1. The van der Waals surface area contributed by atoms with Crippen LogP contribution in [0.1, 0.15) is 43.0 Å². The summed E-state index contributed by atoms with van der Waals surface area (Å²) in [6.07, 6.45) is 3.83. The first-order valence-corrected chi connectivity index (χ1v) is 8.99. The van der Waals surface area contributed by atoms with Crippen LogP contribution in [0.25, 0.3) is 0 Å². The third-order valence-electron chi connectivity index (χ3n) is 5.11. The van der Waals surface area contributed by atoms with Crippen LogP contribution in [0, 0.1) is 5.92 Å². The molecule has 2 fully saturated rings. The first-order chi connectivity index (χ1) is 12.0. The van der Waals surface area contributed by atoms with Crippen molar-refractivity contribution in [2.45, 2.75) is 44.8 Å². The predicted octanol–water partition coefficient (Wildman–Crippen LogP) is 1.97. The van der Waals surface area contributed by atoms with Crippen LogP contribution < -0.4 is 10.5 Å². The molecule has 136 valence electrons. The maximum absolute atomic E-state index is 12.8. The van der Waals surface area contributed by atoms with Crippen molar-refractivity contribution in [3.8, 4) is 5.75 Å². The third kappa shape index (κ3) is 4.31. The van der Waals surface area contributed by atoms with Gasteiger partial charge in [0.05, 0.1) is 12.0 Å². The molecule has 6 heteroatoms. The lowest BCUT2D eigenvalue weighted by molar-refractivity contribution is -0.123. The Kier molecular flexibility index (Phi) is 5.58. The van der Waals surface area contributed by atoms with Crippen molar-refractivity contribution >= 4 is 11.8 Å². The fraction of sp³-hybridized carbons (Fsp3) is 0.579. The lowest BCUT2D eigenvalue weighted by atomic mass is 9.92. The quantitative estimate of drug-likeness (QED) is 0.884. The Bertz CT molecular complexity index is 610. The highest BCUT2D eigenvalue weighted by molar-refractivity contribution is 5.95. The lowest BCUT2D eigenvalue weighted by Gasteiger charge is -2.37. The van der Waals surface area contributed by atoms with Gasteiger partial charge in [-0.15, -0.1) is 0 Å². The molecule has 25 heavy (non-hydrogen) atoms. The van der Waals surface area contributed by atoms with Crippen LogP contribution in [0.3, 0.4) is 0 Å². The van der Waals surface area contributed by atoms with Gasteiger partial charge < -0.3 is 20.1 Å². The van der Waals surface area contributed by atoms with E-state index in [1.165, 1.54) is 0 Å². The molecular weight excluding hydrogens is 320 g/mol. The maximum Gasteiger partial charge on any atom is 0.254 e. The van der Waals surface area contributed by atoms with E-state index in [-0.39, 0.29) is 29.9 Å². The van der Waals surface area contributed by atoms with Crippen molar-refractivity contribution < 1.29 is 19.1 Å². The molecule has 3 rings (SSSR count). The van der Waals surface area contributed by atoms with E-state index in [1.807, 2.05) is 19.1 Å². The smallest absolute Gasteiger partial charge is 0.254 e. The molecule has 1 aromatic carbocycles. The predicted molar refractivity (Wildman–Crippen MR) is 93.3 cm³/mol. The van der Waals surface area contributed by atoms with Crippen molar-refractivity contribution in [2.75, 3.05) is 19.8 Å². The number of rotatable bonds is 5. The molecule has 1 aromatic rings. The van der Waals surface area contributed by atoms with E-state index in [9.17, 15) is 9.59 Å². The Labute approximate surface area is 148 Å². The normalized spacial score (nSPS) is 26.4. The van der Waals surface area contributed by atoms with Gasteiger partial charge in [-0.3, -0.25) is 9.59 Å². The number of amides is 2. The number of nitrogens with two attached hydrogens (primary N) is 1. The molecular formula is C19H26N2O4. The number of piperidine rings is 1. The fourth-order valence-corrected chi connectivity index (χ4v) is 3.45. The van der Waals surface area contributed by atoms with Crippen LogP contribution in [0.2, 0.25) is 0 Å². The molecule has 0 saturated carbocycles. The Morgan fingerprint density at radius 3 is 2.64 bits per heavy atom. The summed E-state index contributed by atoms with van der Waals surface area (Å²) in [5.74, 6) is 0.0784. The van der Waals surface area contributed by atoms with E-state index in [2.05, 4.69) is 0 Å². The number of hydrogen-bond donors (Lipinski definition) is 1. The van der Waals surface area contributed by atoms with Gasteiger partial charge in [-0.2, -0.15) is 0 Å². The van der Waals surface area contributed by atoms with E-state index in [0.29, 0.717) is 18.7 Å². The topological polar surface area (TPSA) is 81.9 Å². The summed E-state index contributed by atoms with van der Waals surface area (Å²) in [4.78, 5) is 26.0. The molecule has 0 radical (unpaired) electrons.